The monoisotopic (exact) mass is 340 g/mol. The van der Waals surface area contributed by atoms with E-state index in [0.717, 1.165) is 11.0 Å². The maximum Gasteiger partial charge on any atom is 0.239 e. The van der Waals surface area contributed by atoms with Crippen molar-refractivity contribution < 1.29 is 9.53 Å². The van der Waals surface area contributed by atoms with Gasteiger partial charge < -0.3 is 15.4 Å². The SMILES string of the molecule is CC(C)(CNC(=O)C1COCCN1)c1ccc(Br)cc1. The van der Waals surface area contributed by atoms with Crippen molar-refractivity contribution in [2.45, 2.75) is 25.3 Å². The molecule has 1 heterocycles. The van der Waals surface area contributed by atoms with Gasteiger partial charge in [-0.2, -0.15) is 0 Å². The molecule has 2 N–H and O–H groups in total. The van der Waals surface area contributed by atoms with Crippen LogP contribution in [0.25, 0.3) is 0 Å². The zero-order valence-corrected chi connectivity index (χ0v) is 13.5. The van der Waals surface area contributed by atoms with E-state index in [1.54, 1.807) is 0 Å². The van der Waals surface area contributed by atoms with Gasteiger partial charge in [0.2, 0.25) is 5.91 Å². The highest BCUT2D eigenvalue weighted by Gasteiger charge is 2.25. The first kappa shape index (κ1) is 15.5. The molecule has 1 fully saturated rings. The average Bonchev–Trinajstić information content (AvgIpc) is 2.46. The molecule has 2 rings (SSSR count). The molecule has 0 saturated carbocycles. The van der Waals surface area contributed by atoms with E-state index in [1.807, 2.05) is 12.1 Å². The molecule has 1 aliphatic rings. The van der Waals surface area contributed by atoms with Gasteiger partial charge in [0.05, 0.1) is 13.2 Å². The van der Waals surface area contributed by atoms with Gasteiger partial charge in [0, 0.05) is 23.0 Å². The molecule has 1 amide bonds. The fourth-order valence-corrected chi connectivity index (χ4v) is 2.43. The molecule has 1 unspecified atom stereocenters. The molecule has 1 aromatic carbocycles. The van der Waals surface area contributed by atoms with Crippen molar-refractivity contribution in [2.75, 3.05) is 26.3 Å². The van der Waals surface area contributed by atoms with E-state index >= 15 is 0 Å². The Kier molecular flexibility index (Phi) is 5.18. The molecular weight excluding hydrogens is 320 g/mol. The molecule has 0 spiro atoms. The fraction of sp³-hybridized carbons (Fsp3) is 0.533. The second-order valence-corrected chi connectivity index (χ2v) is 6.61. The van der Waals surface area contributed by atoms with Gasteiger partial charge in [-0.15, -0.1) is 0 Å². The standard InChI is InChI=1S/C15H21BrN2O2/c1-15(2,11-3-5-12(16)6-4-11)10-18-14(19)13-9-20-8-7-17-13/h3-6,13,17H,7-10H2,1-2H3,(H,18,19). The summed E-state index contributed by atoms with van der Waals surface area (Å²) in [5.41, 5.74) is 1.10. The number of ether oxygens (including phenoxy) is 1. The lowest BCUT2D eigenvalue weighted by molar-refractivity contribution is -0.126. The maximum atomic E-state index is 12.1. The average molecular weight is 341 g/mol. The Morgan fingerprint density at radius 1 is 1.45 bits per heavy atom. The van der Waals surface area contributed by atoms with Gasteiger partial charge in [0.25, 0.3) is 0 Å². The Bertz CT molecular complexity index is 453. The maximum absolute atomic E-state index is 12.1. The van der Waals surface area contributed by atoms with Crippen molar-refractivity contribution in [2.24, 2.45) is 0 Å². The van der Waals surface area contributed by atoms with Crippen LogP contribution in [0.2, 0.25) is 0 Å². The number of rotatable bonds is 4. The predicted octanol–water partition coefficient (Wildman–Crippen LogP) is 1.83. The van der Waals surface area contributed by atoms with Gasteiger partial charge in [0.1, 0.15) is 6.04 Å². The molecule has 0 aromatic heterocycles. The van der Waals surface area contributed by atoms with E-state index in [1.165, 1.54) is 5.56 Å². The summed E-state index contributed by atoms with van der Waals surface area (Å²) < 4.78 is 6.36. The Morgan fingerprint density at radius 3 is 2.75 bits per heavy atom. The molecule has 4 nitrogen and oxygen atoms in total. The lowest BCUT2D eigenvalue weighted by atomic mass is 9.84. The lowest BCUT2D eigenvalue weighted by Gasteiger charge is -2.28. The van der Waals surface area contributed by atoms with E-state index in [4.69, 9.17) is 4.74 Å². The van der Waals surface area contributed by atoms with Crippen LogP contribution in [0.5, 0.6) is 0 Å². The summed E-state index contributed by atoms with van der Waals surface area (Å²) >= 11 is 3.43. The largest absolute Gasteiger partial charge is 0.378 e. The Balaban J connectivity index is 1.91. The summed E-state index contributed by atoms with van der Waals surface area (Å²) in [4.78, 5) is 12.1. The van der Waals surface area contributed by atoms with Crippen LogP contribution >= 0.6 is 15.9 Å². The van der Waals surface area contributed by atoms with Gasteiger partial charge in [-0.05, 0) is 17.7 Å². The van der Waals surface area contributed by atoms with Crippen molar-refractivity contribution in [1.29, 1.82) is 0 Å². The van der Waals surface area contributed by atoms with Crippen molar-refractivity contribution in [3.05, 3.63) is 34.3 Å². The molecule has 20 heavy (non-hydrogen) atoms. The number of hydrogen-bond donors (Lipinski definition) is 2. The highest BCUT2D eigenvalue weighted by atomic mass is 79.9. The van der Waals surface area contributed by atoms with Crippen LogP contribution in [-0.2, 0) is 14.9 Å². The third kappa shape index (κ3) is 4.04. The summed E-state index contributed by atoms with van der Waals surface area (Å²) in [5, 5.41) is 6.17. The smallest absolute Gasteiger partial charge is 0.239 e. The van der Waals surface area contributed by atoms with Gasteiger partial charge in [-0.1, -0.05) is 41.9 Å². The number of carbonyl (C=O) groups is 1. The van der Waals surface area contributed by atoms with E-state index in [9.17, 15) is 4.79 Å². The van der Waals surface area contributed by atoms with E-state index < -0.39 is 0 Å². The topological polar surface area (TPSA) is 50.4 Å². The molecular formula is C15H21BrN2O2. The number of carbonyl (C=O) groups excluding carboxylic acids is 1. The van der Waals surface area contributed by atoms with Gasteiger partial charge in [-0.3, -0.25) is 4.79 Å². The van der Waals surface area contributed by atoms with E-state index in [2.05, 4.69) is 52.5 Å². The first-order valence-corrected chi connectivity index (χ1v) is 7.63. The Hall–Kier alpha value is -0.910. The molecule has 0 aliphatic carbocycles. The van der Waals surface area contributed by atoms with Crippen LogP contribution in [0.15, 0.2) is 28.7 Å². The van der Waals surface area contributed by atoms with Crippen molar-refractivity contribution in [1.82, 2.24) is 10.6 Å². The van der Waals surface area contributed by atoms with Gasteiger partial charge in [-0.25, -0.2) is 0 Å². The fourth-order valence-electron chi connectivity index (χ4n) is 2.17. The number of halogens is 1. The first-order chi connectivity index (χ1) is 9.49. The minimum absolute atomic E-state index is 0.00915. The zero-order chi connectivity index (χ0) is 14.6. The van der Waals surface area contributed by atoms with Gasteiger partial charge in [0.15, 0.2) is 0 Å². The van der Waals surface area contributed by atoms with Crippen LogP contribution < -0.4 is 10.6 Å². The van der Waals surface area contributed by atoms with Crippen molar-refractivity contribution in [3.8, 4) is 0 Å². The lowest BCUT2D eigenvalue weighted by Crippen LogP contribution is -2.52. The van der Waals surface area contributed by atoms with Gasteiger partial charge >= 0.3 is 0 Å². The molecule has 1 saturated heterocycles. The van der Waals surface area contributed by atoms with Crippen molar-refractivity contribution >= 4 is 21.8 Å². The summed E-state index contributed by atoms with van der Waals surface area (Å²) in [6.07, 6.45) is 0. The third-order valence-electron chi connectivity index (χ3n) is 3.57. The summed E-state index contributed by atoms with van der Waals surface area (Å²) in [6.45, 7) is 6.71. The van der Waals surface area contributed by atoms with E-state index in [0.29, 0.717) is 19.8 Å². The quantitative estimate of drug-likeness (QED) is 0.879. The molecule has 0 radical (unpaired) electrons. The van der Waals surface area contributed by atoms with Crippen LogP contribution in [0, 0.1) is 0 Å². The minimum Gasteiger partial charge on any atom is -0.378 e. The normalized spacial score (nSPS) is 19.6. The number of benzene rings is 1. The number of hydrogen-bond acceptors (Lipinski definition) is 3. The van der Waals surface area contributed by atoms with Crippen LogP contribution in [-0.4, -0.2) is 38.3 Å². The number of morpholine rings is 1. The molecule has 1 atom stereocenters. The minimum atomic E-state index is -0.232. The summed E-state index contributed by atoms with van der Waals surface area (Å²) in [7, 11) is 0. The predicted molar refractivity (Wildman–Crippen MR) is 82.8 cm³/mol. The first-order valence-electron chi connectivity index (χ1n) is 6.84. The Labute approximate surface area is 128 Å². The van der Waals surface area contributed by atoms with E-state index in [-0.39, 0.29) is 17.4 Å². The molecule has 110 valence electrons. The zero-order valence-electron chi connectivity index (χ0n) is 11.9. The highest BCUT2D eigenvalue weighted by molar-refractivity contribution is 9.10. The van der Waals surface area contributed by atoms with Crippen LogP contribution in [0.1, 0.15) is 19.4 Å². The second kappa shape index (κ2) is 6.70. The third-order valence-corrected chi connectivity index (χ3v) is 4.10. The van der Waals surface area contributed by atoms with Crippen LogP contribution in [0.3, 0.4) is 0 Å². The summed E-state index contributed by atoms with van der Waals surface area (Å²) in [6, 6.07) is 7.98. The molecule has 5 heteroatoms. The van der Waals surface area contributed by atoms with Crippen molar-refractivity contribution in [3.63, 3.8) is 0 Å². The molecule has 1 aliphatic heterocycles. The number of nitrogens with one attached hydrogen (secondary N) is 2. The number of amides is 1. The molecule has 0 bridgehead atoms. The summed E-state index contributed by atoms with van der Waals surface area (Å²) in [5.74, 6) is 0.00915. The van der Waals surface area contributed by atoms with Crippen LogP contribution in [0.4, 0.5) is 0 Å². The molecule has 1 aromatic rings. The Morgan fingerprint density at radius 2 is 2.15 bits per heavy atom. The highest BCUT2D eigenvalue weighted by Crippen LogP contribution is 2.24. The second-order valence-electron chi connectivity index (χ2n) is 5.69.